The summed E-state index contributed by atoms with van der Waals surface area (Å²) < 4.78 is 26.0. The molecular formula is C11H14N2O4S2. The van der Waals surface area contributed by atoms with Gasteiger partial charge in [-0.3, -0.25) is 4.79 Å². The van der Waals surface area contributed by atoms with Gasteiger partial charge in [-0.15, -0.1) is 11.3 Å². The van der Waals surface area contributed by atoms with Gasteiger partial charge in [0.1, 0.15) is 21.2 Å². The molecule has 0 saturated carbocycles. The SMILES string of the molecule is CCCCC(NS(=O)(=O)c1ccc(C#N)s1)C(=O)O. The molecule has 2 N–H and O–H groups in total. The number of rotatable bonds is 7. The molecule has 1 unspecified atom stereocenters. The van der Waals surface area contributed by atoms with E-state index in [1.165, 1.54) is 12.1 Å². The van der Waals surface area contributed by atoms with Crippen LogP contribution in [0.15, 0.2) is 16.3 Å². The average molecular weight is 302 g/mol. The summed E-state index contributed by atoms with van der Waals surface area (Å²) in [5.74, 6) is -1.20. The van der Waals surface area contributed by atoms with Gasteiger partial charge >= 0.3 is 5.97 Å². The zero-order chi connectivity index (χ0) is 14.5. The molecule has 0 amide bonds. The molecule has 0 spiro atoms. The van der Waals surface area contributed by atoms with Gasteiger partial charge in [0.15, 0.2) is 0 Å². The van der Waals surface area contributed by atoms with Crippen LogP contribution in [0.4, 0.5) is 0 Å². The number of aliphatic carboxylic acids is 1. The monoisotopic (exact) mass is 302 g/mol. The second-order valence-corrected chi connectivity index (χ2v) is 6.91. The van der Waals surface area contributed by atoms with E-state index in [9.17, 15) is 13.2 Å². The maximum Gasteiger partial charge on any atom is 0.321 e. The fourth-order valence-corrected chi connectivity index (χ4v) is 3.75. The fourth-order valence-electron chi connectivity index (χ4n) is 1.41. The van der Waals surface area contributed by atoms with Crippen molar-refractivity contribution in [2.24, 2.45) is 0 Å². The molecule has 1 atom stereocenters. The van der Waals surface area contributed by atoms with Gasteiger partial charge in [-0.1, -0.05) is 19.8 Å². The molecule has 0 fully saturated rings. The number of carboxylic acid groups (broad SMARTS) is 1. The van der Waals surface area contributed by atoms with Crippen molar-refractivity contribution < 1.29 is 18.3 Å². The van der Waals surface area contributed by atoms with E-state index in [-0.39, 0.29) is 15.5 Å². The molecule has 1 aromatic heterocycles. The van der Waals surface area contributed by atoms with E-state index in [1.807, 2.05) is 13.0 Å². The molecule has 0 bridgehead atoms. The van der Waals surface area contributed by atoms with Gasteiger partial charge in [-0.25, -0.2) is 8.42 Å². The van der Waals surface area contributed by atoms with Crippen molar-refractivity contribution in [3.05, 3.63) is 17.0 Å². The molecule has 1 aromatic rings. The summed E-state index contributed by atoms with van der Waals surface area (Å²) in [6.45, 7) is 1.89. The number of nitriles is 1. The van der Waals surface area contributed by atoms with Crippen LogP contribution >= 0.6 is 11.3 Å². The number of carbonyl (C=O) groups is 1. The largest absolute Gasteiger partial charge is 0.480 e. The van der Waals surface area contributed by atoms with Crippen LogP contribution in [0.3, 0.4) is 0 Å². The van der Waals surface area contributed by atoms with E-state index >= 15 is 0 Å². The molecule has 104 valence electrons. The summed E-state index contributed by atoms with van der Waals surface area (Å²) in [6.07, 6.45) is 1.64. The van der Waals surface area contributed by atoms with Gasteiger partial charge < -0.3 is 5.11 Å². The number of unbranched alkanes of at least 4 members (excludes halogenated alkanes) is 1. The first-order chi connectivity index (χ1) is 8.90. The van der Waals surface area contributed by atoms with Crippen LogP contribution < -0.4 is 4.72 Å². The molecule has 8 heteroatoms. The molecule has 0 aliphatic rings. The van der Waals surface area contributed by atoms with Gasteiger partial charge in [0.2, 0.25) is 0 Å². The van der Waals surface area contributed by atoms with Crippen LogP contribution in [0.1, 0.15) is 31.1 Å². The Labute approximate surface area is 115 Å². The van der Waals surface area contributed by atoms with E-state index in [1.54, 1.807) is 0 Å². The molecule has 0 radical (unpaired) electrons. The lowest BCUT2D eigenvalue weighted by Crippen LogP contribution is -2.40. The lowest BCUT2D eigenvalue weighted by Gasteiger charge is -2.13. The second-order valence-electron chi connectivity index (χ2n) is 3.88. The first kappa shape index (κ1) is 15.6. The summed E-state index contributed by atoms with van der Waals surface area (Å²) in [4.78, 5) is 11.3. The van der Waals surface area contributed by atoms with Gasteiger partial charge in [0.25, 0.3) is 10.0 Å². The highest BCUT2D eigenvalue weighted by atomic mass is 32.2. The molecular weight excluding hydrogens is 288 g/mol. The molecule has 1 rings (SSSR count). The van der Waals surface area contributed by atoms with E-state index < -0.39 is 22.0 Å². The van der Waals surface area contributed by atoms with E-state index in [4.69, 9.17) is 10.4 Å². The minimum atomic E-state index is -3.89. The normalized spacial score (nSPS) is 12.8. The molecule has 0 aliphatic carbocycles. The number of hydrogen-bond donors (Lipinski definition) is 2. The Balaban J connectivity index is 2.88. The molecule has 6 nitrogen and oxygen atoms in total. The van der Waals surface area contributed by atoms with Crippen LogP contribution in [0, 0.1) is 11.3 Å². The Hall–Kier alpha value is -1.43. The third kappa shape index (κ3) is 4.31. The Kier molecular flexibility index (Phi) is 5.47. The fraction of sp³-hybridized carbons (Fsp3) is 0.455. The Morgan fingerprint density at radius 1 is 1.58 bits per heavy atom. The van der Waals surface area contributed by atoms with Crippen molar-refractivity contribution in [3.8, 4) is 6.07 Å². The Bertz CT molecular complexity index is 586. The zero-order valence-corrected chi connectivity index (χ0v) is 11.9. The van der Waals surface area contributed by atoms with Crippen LogP contribution in [-0.2, 0) is 14.8 Å². The average Bonchev–Trinajstić information content (AvgIpc) is 2.83. The lowest BCUT2D eigenvalue weighted by molar-refractivity contribution is -0.139. The van der Waals surface area contributed by atoms with Crippen molar-refractivity contribution in [2.75, 3.05) is 0 Å². The second kappa shape index (κ2) is 6.65. The molecule has 0 saturated heterocycles. The van der Waals surface area contributed by atoms with Crippen molar-refractivity contribution in [2.45, 2.75) is 36.4 Å². The topological polar surface area (TPSA) is 107 Å². The number of carboxylic acids is 1. The highest BCUT2D eigenvalue weighted by Gasteiger charge is 2.26. The standard InChI is InChI=1S/C11H14N2O4S2/c1-2-3-4-9(11(14)15)13-19(16,17)10-6-5-8(7-12)18-10/h5-6,9,13H,2-4H2,1H3,(H,14,15). The van der Waals surface area contributed by atoms with Crippen molar-refractivity contribution in [1.82, 2.24) is 4.72 Å². The minimum Gasteiger partial charge on any atom is -0.480 e. The maximum atomic E-state index is 12.0. The summed E-state index contributed by atoms with van der Waals surface area (Å²) in [5, 5.41) is 17.6. The van der Waals surface area contributed by atoms with Crippen LogP contribution in [0.25, 0.3) is 0 Å². The molecule has 1 heterocycles. The number of nitrogens with one attached hydrogen (secondary N) is 1. The van der Waals surface area contributed by atoms with Gasteiger partial charge in [0, 0.05) is 0 Å². The first-order valence-electron chi connectivity index (χ1n) is 5.65. The van der Waals surface area contributed by atoms with Crippen LogP contribution in [0.2, 0.25) is 0 Å². The van der Waals surface area contributed by atoms with Crippen LogP contribution in [-0.4, -0.2) is 25.5 Å². The number of thiophene rings is 1. The Morgan fingerprint density at radius 3 is 2.74 bits per heavy atom. The van der Waals surface area contributed by atoms with Gasteiger partial charge in [-0.2, -0.15) is 9.98 Å². The van der Waals surface area contributed by atoms with Crippen molar-refractivity contribution >= 4 is 27.3 Å². The maximum absolute atomic E-state index is 12.0. The van der Waals surface area contributed by atoms with E-state index in [2.05, 4.69) is 4.72 Å². The summed E-state index contributed by atoms with van der Waals surface area (Å²) in [6, 6.07) is 3.38. The van der Waals surface area contributed by atoms with E-state index in [0.29, 0.717) is 6.42 Å². The molecule has 0 aliphatic heterocycles. The summed E-state index contributed by atoms with van der Waals surface area (Å²) in [5.41, 5.74) is 0. The van der Waals surface area contributed by atoms with Crippen molar-refractivity contribution in [1.29, 1.82) is 5.26 Å². The zero-order valence-electron chi connectivity index (χ0n) is 10.3. The lowest BCUT2D eigenvalue weighted by atomic mass is 10.1. The number of nitrogens with zero attached hydrogens (tertiary/aromatic N) is 1. The first-order valence-corrected chi connectivity index (χ1v) is 7.95. The highest BCUT2D eigenvalue weighted by molar-refractivity contribution is 7.91. The predicted octanol–water partition coefficient (Wildman–Crippen LogP) is 1.54. The number of hydrogen-bond acceptors (Lipinski definition) is 5. The third-order valence-corrected chi connectivity index (χ3v) is 5.35. The smallest absolute Gasteiger partial charge is 0.321 e. The van der Waals surface area contributed by atoms with Gasteiger partial charge in [0.05, 0.1) is 0 Å². The minimum absolute atomic E-state index is 0.0493. The Morgan fingerprint density at radius 2 is 2.26 bits per heavy atom. The van der Waals surface area contributed by atoms with Gasteiger partial charge in [-0.05, 0) is 18.6 Å². The summed E-state index contributed by atoms with van der Waals surface area (Å²) >= 11 is 0.813. The van der Waals surface area contributed by atoms with Crippen molar-refractivity contribution in [3.63, 3.8) is 0 Å². The predicted molar refractivity (Wildman–Crippen MR) is 70.3 cm³/mol. The quantitative estimate of drug-likeness (QED) is 0.794. The van der Waals surface area contributed by atoms with E-state index in [0.717, 1.165) is 17.8 Å². The molecule has 0 aromatic carbocycles. The molecule has 19 heavy (non-hydrogen) atoms. The third-order valence-electron chi connectivity index (χ3n) is 2.40. The number of sulfonamides is 1. The van der Waals surface area contributed by atoms with Crippen LogP contribution in [0.5, 0.6) is 0 Å². The highest BCUT2D eigenvalue weighted by Crippen LogP contribution is 2.21. The summed E-state index contributed by atoms with van der Waals surface area (Å²) in [7, 11) is -3.89.